The molecule has 1 aromatic heterocycles. The Labute approximate surface area is 154 Å². The number of halogens is 1. The lowest BCUT2D eigenvalue weighted by molar-refractivity contribution is 0.224. The summed E-state index contributed by atoms with van der Waals surface area (Å²) in [6.45, 7) is 12.9. The lowest BCUT2D eigenvalue weighted by atomic mass is 9.96. The third kappa shape index (κ3) is 3.52. The molecular formula is C21H27FN4. The first-order valence-corrected chi connectivity index (χ1v) is 8.91. The van der Waals surface area contributed by atoms with Crippen molar-refractivity contribution in [2.75, 3.05) is 13.1 Å². The highest BCUT2D eigenvalue weighted by molar-refractivity contribution is 5.88. The van der Waals surface area contributed by atoms with Gasteiger partial charge in [-0.3, -0.25) is 0 Å². The summed E-state index contributed by atoms with van der Waals surface area (Å²) in [5.74, 6) is 0.587. The molecule has 3 N–H and O–H groups in total. The number of H-pyrrole nitrogens is 1. The quantitative estimate of drug-likeness (QED) is 0.617. The van der Waals surface area contributed by atoms with Gasteiger partial charge in [-0.15, -0.1) is 0 Å². The fraction of sp³-hybridized carbons (Fsp3) is 0.381. The normalized spacial score (nSPS) is 16.5. The number of nitrogens with zero attached hydrogens (tertiary/aromatic N) is 2. The van der Waals surface area contributed by atoms with Gasteiger partial charge in [0, 0.05) is 36.1 Å². The molecule has 1 aromatic carbocycles. The third-order valence-electron chi connectivity index (χ3n) is 4.85. The minimum absolute atomic E-state index is 0.587. The Morgan fingerprint density at radius 2 is 2.12 bits per heavy atom. The molecule has 0 atom stereocenters. The molecule has 0 amide bonds. The summed E-state index contributed by atoms with van der Waals surface area (Å²) in [5.41, 5.74) is 10.0. The minimum atomic E-state index is -1.39. The molecule has 0 fully saturated rings. The summed E-state index contributed by atoms with van der Waals surface area (Å²) < 4.78 is 14.5. The number of aromatic nitrogens is 1. The molecule has 2 heterocycles. The van der Waals surface area contributed by atoms with Crippen LogP contribution in [0.3, 0.4) is 0 Å². The summed E-state index contributed by atoms with van der Waals surface area (Å²) in [5, 5.41) is 0.907. The number of nitrogens with one attached hydrogen (secondary N) is 1. The summed E-state index contributed by atoms with van der Waals surface area (Å²) in [4.78, 5) is 10.0. The number of fused-ring (bicyclic) bond motifs is 1. The summed E-state index contributed by atoms with van der Waals surface area (Å²) in [6, 6.07) is 7.70. The molecule has 1 aliphatic heterocycles. The number of hydrogen-bond acceptors (Lipinski definition) is 2. The van der Waals surface area contributed by atoms with Crippen LogP contribution in [0, 0.1) is 0 Å². The van der Waals surface area contributed by atoms with E-state index in [-0.39, 0.29) is 0 Å². The molecule has 0 saturated carbocycles. The molecule has 0 spiro atoms. The minimum Gasteiger partial charge on any atom is -0.387 e. The maximum absolute atomic E-state index is 14.5. The van der Waals surface area contributed by atoms with E-state index in [9.17, 15) is 4.39 Å². The van der Waals surface area contributed by atoms with E-state index in [1.54, 1.807) is 20.8 Å². The van der Waals surface area contributed by atoms with Gasteiger partial charge in [0.15, 0.2) is 0 Å². The van der Waals surface area contributed by atoms with Crippen LogP contribution in [0.25, 0.3) is 16.6 Å². The van der Waals surface area contributed by atoms with Gasteiger partial charge < -0.3 is 15.6 Å². The monoisotopic (exact) mass is 354 g/mol. The highest BCUT2D eigenvalue weighted by Gasteiger charge is 2.24. The van der Waals surface area contributed by atoms with Gasteiger partial charge in [0.1, 0.15) is 5.67 Å². The summed E-state index contributed by atoms with van der Waals surface area (Å²) >= 11 is 0. The van der Waals surface area contributed by atoms with Gasteiger partial charge >= 0.3 is 0 Å². The van der Waals surface area contributed by atoms with Crippen molar-refractivity contribution >= 4 is 22.4 Å². The molecule has 5 heteroatoms. The van der Waals surface area contributed by atoms with Crippen LogP contribution < -0.4 is 5.73 Å². The Balaban J connectivity index is 1.90. The molecule has 0 bridgehead atoms. The predicted octanol–water partition coefficient (Wildman–Crippen LogP) is 4.70. The van der Waals surface area contributed by atoms with E-state index in [1.165, 1.54) is 5.57 Å². The maximum Gasteiger partial charge on any atom is 0.131 e. The standard InChI is InChI=1S/C21H27FN4/c1-13-12-26(10-9-18(13)24-15(3)23)14(2)20-11-16-17(21(4,5)22)7-6-8-19(16)25-20/h6-8,11,25H,2,9-10,12H2,1,3-5H3,(H2,23,24). The number of benzene rings is 1. The Morgan fingerprint density at radius 3 is 2.73 bits per heavy atom. The van der Waals surface area contributed by atoms with Gasteiger partial charge in [-0.1, -0.05) is 18.7 Å². The first kappa shape index (κ1) is 18.2. The van der Waals surface area contributed by atoms with E-state index in [0.717, 1.165) is 47.5 Å². The maximum atomic E-state index is 14.5. The number of rotatable bonds is 4. The Bertz CT molecular complexity index is 908. The van der Waals surface area contributed by atoms with Crippen LogP contribution >= 0.6 is 0 Å². The molecule has 4 nitrogen and oxygen atoms in total. The van der Waals surface area contributed by atoms with E-state index in [2.05, 4.69) is 28.4 Å². The van der Waals surface area contributed by atoms with Crippen LogP contribution in [-0.4, -0.2) is 28.8 Å². The highest BCUT2D eigenvalue weighted by Crippen LogP contribution is 2.34. The number of amidine groups is 1. The summed E-state index contributed by atoms with van der Waals surface area (Å²) in [6.07, 6.45) is 0.836. The molecule has 0 aliphatic carbocycles. The van der Waals surface area contributed by atoms with Gasteiger partial charge in [0.2, 0.25) is 0 Å². The lowest BCUT2D eigenvalue weighted by Crippen LogP contribution is -2.29. The second kappa shape index (κ2) is 6.63. The highest BCUT2D eigenvalue weighted by atomic mass is 19.1. The van der Waals surface area contributed by atoms with E-state index in [0.29, 0.717) is 11.4 Å². The fourth-order valence-electron chi connectivity index (χ4n) is 3.50. The zero-order valence-corrected chi connectivity index (χ0v) is 16.0. The molecular weight excluding hydrogens is 327 g/mol. The smallest absolute Gasteiger partial charge is 0.131 e. The number of aliphatic imine (C=N–C) groups is 1. The Hall–Kier alpha value is -2.56. The first-order chi connectivity index (χ1) is 12.2. The van der Waals surface area contributed by atoms with Crippen molar-refractivity contribution in [3.8, 4) is 0 Å². The third-order valence-corrected chi connectivity index (χ3v) is 4.85. The molecule has 0 unspecified atom stereocenters. The van der Waals surface area contributed by atoms with E-state index in [1.807, 2.05) is 24.3 Å². The van der Waals surface area contributed by atoms with E-state index < -0.39 is 5.67 Å². The van der Waals surface area contributed by atoms with Crippen molar-refractivity contribution in [1.29, 1.82) is 0 Å². The van der Waals surface area contributed by atoms with Crippen molar-refractivity contribution in [2.45, 2.75) is 39.8 Å². The first-order valence-electron chi connectivity index (χ1n) is 8.91. The number of aromatic amines is 1. The molecule has 0 saturated heterocycles. The fourth-order valence-corrected chi connectivity index (χ4v) is 3.50. The van der Waals surface area contributed by atoms with Crippen molar-refractivity contribution < 1.29 is 4.39 Å². The van der Waals surface area contributed by atoms with Gasteiger partial charge in [0.05, 0.1) is 17.2 Å². The molecule has 2 aromatic rings. The zero-order valence-electron chi connectivity index (χ0n) is 16.0. The predicted molar refractivity (Wildman–Crippen MR) is 108 cm³/mol. The van der Waals surface area contributed by atoms with Gasteiger partial charge in [-0.2, -0.15) is 0 Å². The average Bonchev–Trinajstić information content (AvgIpc) is 2.98. The van der Waals surface area contributed by atoms with Gasteiger partial charge in [0.25, 0.3) is 0 Å². The molecule has 26 heavy (non-hydrogen) atoms. The van der Waals surface area contributed by atoms with E-state index >= 15 is 0 Å². The largest absolute Gasteiger partial charge is 0.387 e. The molecule has 1 aliphatic rings. The molecule has 0 radical (unpaired) electrons. The van der Waals surface area contributed by atoms with Gasteiger partial charge in [-0.05, 0) is 51.0 Å². The topological polar surface area (TPSA) is 57.4 Å². The van der Waals surface area contributed by atoms with Crippen LogP contribution in [0.1, 0.15) is 45.4 Å². The van der Waals surface area contributed by atoms with Crippen LogP contribution in [-0.2, 0) is 5.67 Å². The number of nitrogens with two attached hydrogens (primary N) is 1. The van der Waals surface area contributed by atoms with Crippen LogP contribution in [0.4, 0.5) is 4.39 Å². The van der Waals surface area contributed by atoms with E-state index in [4.69, 9.17) is 5.73 Å². The molecule has 138 valence electrons. The second-order valence-corrected chi connectivity index (χ2v) is 7.52. The van der Waals surface area contributed by atoms with Crippen LogP contribution in [0.15, 0.2) is 47.1 Å². The zero-order chi connectivity index (χ0) is 19.1. The Kier molecular flexibility index (Phi) is 4.65. The van der Waals surface area contributed by atoms with Gasteiger partial charge in [-0.25, -0.2) is 9.38 Å². The lowest BCUT2D eigenvalue weighted by Gasteiger charge is -2.31. The van der Waals surface area contributed by atoms with Crippen molar-refractivity contribution in [1.82, 2.24) is 9.88 Å². The second-order valence-electron chi connectivity index (χ2n) is 7.52. The van der Waals surface area contributed by atoms with Crippen LogP contribution in [0.5, 0.6) is 0 Å². The average molecular weight is 354 g/mol. The van der Waals surface area contributed by atoms with Crippen molar-refractivity contribution in [3.63, 3.8) is 0 Å². The number of hydrogen-bond donors (Lipinski definition) is 2. The summed E-state index contributed by atoms with van der Waals surface area (Å²) in [7, 11) is 0. The molecule has 3 rings (SSSR count). The number of alkyl halides is 1. The Morgan fingerprint density at radius 1 is 1.38 bits per heavy atom. The van der Waals surface area contributed by atoms with Crippen LogP contribution in [0.2, 0.25) is 0 Å². The van der Waals surface area contributed by atoms with Crippen molar-refractivity contribution in [3.05, 3.63) is 53.4 Å². The van der Waals surface area contributed by atoms with Crippen molar-refractivity contribution in [2.24, 2.45) is 10.7 Å². The SMILES string of the molecule is C=C(c1cc2c(C(C)(C)F)cccc2[nH]1)N1CCC(N=C(C)N)=C(C)C1.